The number of anilines is 1. The Balaban J connectivity index is 1.54. The fourth-order valence-corrected chi connectivity index (χ4v) is 7.08. The molecule has 0 spiro atoms. The summed E-state index contributed by atoms with van der Waals surface area (Å²) in [5, 5.41) is 2.69. The summed E-state index contributed by atoms with van der Waals surface area (Å²) in [4.78, 5) is 13.2. The van der Waals surface area contributed by atoms with Crippen molar-refractivity contribution in [1.29, 1.82) is 0 Å². The Labute approximate surface area is 205 Å². The largest absolute Gasteiger partial charge is 0.496 e. The molecule has 10 nitrogen and oxygen atoms in total. The van der Waals surface area contributed by atoms with Crippen LogP contribution in [0.4, 0.5) is 5.69 Å². The molecular weight excluding hydrogens is 494 g/mol. The van der Waals surface area contributed by atoms with Crippen molar-refractivity contribution in [1.82, 2.24) is 8.61 Å². The number of piperidine rings is 1. The van der Waals surface area contributed by atoms with Gasteiger partial charge in [-0.05, 0) is 55.3 Å². The number of hydrogen-bond acceptors (Lipinski definition) is 7. The molecule has 190 valence electrons. The third-order valence-electron chi connectivity index (χ3n) is 6.09. The van der Waals surface area contributed by atoms with Gasteiger partial charge >= 0.3 is 0 Å². The molecule has 0 aliphatic carbocycles. The van der Waals surface area contributed by atoms with Crippen LogP contribution in [-0.2, 0) is 24.8 Å². The van der Waals surface area contributed by atoms with Crippen LogP contribution in [0.1, 0.15) is 29.6 Å². The van der Waals surface area contributed by atoms with Gasteiger partial charge in [-0.2, -0.15) is 8.61 Å². The second-order valence-corrected chi connectivity index (χ2v) is 12.2. The van der Waals surface area contributed by atoms with Crippen LogP contribution in [0.25, 0.3) is 0 Å². The van der Waals surface area contributed by atoms with Gasteiger partial charge in [-0.3, -0.25) is 4.79 Å². The summed E-state index contributed by atoms with van der Waals surface area (Å²) >= 11 is 0. The predicted molar refractivity (Wildman–Crippen MR) is 130 cm³/mol. The van der Waals surface area contributed by atoms with Crippen LogP contribution < -0.4 is 10.1 Å². The molecule has 35 heavy (non-hydrogen) atoms. The second kappa shape index (κ2) is 10.6. The Morgan fingerprint density at radius 2 is 1.40 bits per heavy atom. The van der Waals surface area contributed by atoms with Crippen molar-refractivity contribution < 1.29 is 31.1 Å². The van der Waals surface area contributed by atoms with E-state index in [9.17, 15) is 21.6 Å². The first-order chi connectivity index (χ1) is 16.7. The number of rotatable bonds is 7. The molecule has 1 amide bonds. The van der Waals surface area contributed by atoms with E-state index in [0.717, 1.165) is 19.3 Å². The zero-order valence-corrected chi connectivity index (χ0v) is 21.1. The summed E-state index contributed by atoms with van der Waals surface area (Å²) in [7, 11) is -5.99. The van der Waals surface area contributed by atoms with Crippen LogP contribution in [0, 0.1) is 0 Å². The number of benzene rings is 2. The third-order valence-corrected chi connectivity index (χ3v) is 9.90. The van der Waals surface area contributed by atoms with E-state index in [1.165, 1.54) is 58.2 Å². The van der Waals surface area contributed by atoms with Gasteiger partial charge in [-0.1, -0.05) is 6.42 Å². The van der Waals surface area contributed by atoms with Crippen molar-refractivity contribution in [3.05, 3.63) is 48.0 Å². The third kappa shape index (κ3) is 5.51. The maximum Gasteiger partial charge on any atom is 0.259 e. The minimum atomic E-state index is -3.73. The van der Waals surface area contributed by atoms with Gasteiger partial charge in [0.15, 0.2) is 0 Å². The van der Waals surface area contributed by atoms with Crippen molar-refractivity contribution >= 4 is 31.6 Å². The fraction of sp³-hybridized carbons (Fsp3) is 0.435. The lowest BCUT2D eigenvalue weighted by Gasteiger charge is -2.26. The lowest BCUT2D eigenvalue weighted by Crippen LogP contribution is -2.40. The molecule has 2 heterocycles. The number of amides is 1. The molecule has 2 fully saturated rings. The van der Waals surface area contributed by atoms with E-state index in [1.807, 2.05) is 0 Å². The molecule has 0 bridgehead atoms. The predicted octanol–water partition coefficient (Wildman–Crippen LogP) is 2.14. The smallest absolute Gasteiger partial charge is 0.259 e. The molecule has 2 aliphatic heterocycles. The van der Waals surface area contributed by atoms with Crippen LogP contribution in [0.5, 0.6) is 5.75 Å². The molecule has 2 aliphatic rings. The van der Waals surface area contributed by atoms with Crippen molar-refractivity contribution in [3.8, 4) is 5.75 Å². The summed E-state index contributed by atoms with van der Waals surface area (Å²) < 4.78 is 65.0. The van der Waals surface area contributed by atoms with Gasteiger partial charge in [0.25, 0.3) is 5.91 Å². The number of sulfonamides is 2. The number of ether oxygens (including phenoxy) is 2. The molecule has 0 unspecified atom stereocenters. The van der Waals surface area contributed by atoms with E-state index in [1.54, 1.807) is 0 Å². The molecule has 2 aromatic carbocycles. The highest BCUT2D eigenvalue weighted by Gasteiger charge is 2.28. The van der Waals surface area contributed by atoms with E-state index in [0.29, 0.717) is 32.0 Å². The molecular formula is C23H29N3O7S2. The Morgan fingerprint density at radius 1 is 0.829 bits per heavy atom. The van der Waals surface area contributed by atoms with E-state index < -0.39 is 26.0 Å². The quantitative estimate of drug-likeness (QED) is 0.590. The summed E-state index contributed by atoms with van der Waals surface area (Å²) in [5.41, 5.74) is 0.429. The highest BCUT2D eigenvalue weighted by atomic mass is 32.2. The molecule has 4 rings (SSSR count). The van der Waals surface area contributed by atoms with Gasteiger partial charge in [0.1, 0.15) is 5.75 Å². The number of nitrogens with one attached hydrogen (secondary N) is 1. The van der Waals surface area contributed by atoms with Crippen molar-refractivity contribution in [3.63, 3.8) is 0 Å². The minimum absolute atomic E-state index is 0.0253. The van der Waals surface area contributed by atoms with Gasteiger partial charge in [0.05, 0.1) is 35.7 Å². The number of hydrogen-bond donors (Lipinski definition) is 1. The lowest BCUT2D eigenvalue weighted by molar-refractivity contribution is 0.0730. The van der Waals surface area contributed by atoms with Gasteiger partial charge < -0.3 is 14.8 Å². The fourth-order valence-electron chi connectivity index (χ4n) is 4.12. The second-order valence-electron chi connectivity index (χ2n) is 8.32. The van der Waals surface area contributed by atoms with Crippen LogP contribution >= 0.6 is 0 Å². The first-order valence-corrected chi connectivity index (χ1v) is 14.3. The van der Waals surface area contributed by atoms with Crippen LogP contribution in [0.2, 0.25) is 0 Å². The molecule has 2 saturated heterocycles. The monoisotopic (exact) mass is 523 g/mol. The SMILES string of the molecule is COc1ccc(S(=O)(=O)N2CCCCC2)cc1C(=O)Nc1ccc(S(=O)(=O)N2CCOCC2)cc1. The Kier molecular flexibility index (Phi) is 7.77. The van der Waals surface area contributed by atoms with Crippen molar-refractivity contribution in [2.24, 2.45) is 0 Å². The molecule has 0 aromatic heterocycles. The van der Waals surface area contributed by atoms with Crippen molar-refractivity contribution in [2.45, 2.75) is 29.1 Å². The Bertz CT molecular complexity index is 1270. The Morgan fingerprint density at radius 3 is 2.03 bits per heavy atom. The van der Waals surface area contributed by atoms with Gasteiger partial charge in [0.2, 0.25) is 20.0 Å². The average molecular weight is 524 g/mol. The first-order valence-electron chi connectivity index (χ1n) is 11.4. The molecule has 2 aromatic rings. The standard InChI is InChI=1S/C23H29N3O7S2/c1-32-22-10-9-20(35(30,31)25-11-3-2-4-12-25)17-21(22)23(27)24-18-5-7-19(8-6-18)34(28,29)26-13-15-33-16-14-26/h5-10,17H,2-4,11-16H2,1H3,(H,24,27). The normalized spacial score (nSPS) is 18.2. The van der Waals surface area contributed by atoms with Crippen LogP contribution in [0.3, 0.4) is 0 Å². The van der Waals surface area contributed by atoms with Crippen molar-refractivity contribution in [2.75, 3.05) is 51.8 Å². The highest BCUT2D eigenvalue weighted by Crippen LogP contribution is 2.27. The minimum Gasteiger partial charge on any atom is -0.496 e. The molecule has 1 N–H and O–H groups in total. The van der Waals surface area contributed by atoms with Crippen LogP contribution in [-0.4, -0.2) is 77.9 Å². The maximum atomic E-state index is 13.1. The maximum absolute atomic E-state index is 13.1. The zero-order chi connectivity index (χ0) is 25.1. The first kappa shape index (κ1) is 25.6. The summed E-state index contributed by atoms with van der Waals surface area (Å²) in [6.07, 6.45) is 2.61. The topological polar surface area (TPSA) is 122 Å². The van der Waals surface area contributed by atoms with E-state index in [4.69, 9.17) is 9.47 Å². The van der Waals surface area contributed by atoms with Crippen LogP contribution in [0.15, 0.2) is 52.3 Å². The van der Waals surface area contributed by atoms with Gasteiger partial charge in [-0.25, -0.2) is 16.8 Å². The molecule has 0 atom stereocenters. The Hall–Kier alpha value is -2.51. The number of methoxy groups -OCH3 is 1. The lowest BCUT2D eigenvalue weighted by atomic mass is 10.2. The number of morpholine rings is 1. The summed E-state index contributed by atoms with van der Waals surface area (Å²) in [6.45, 7) is 2.18. The highest BCUT2D eigenvalue weighted by molar-refractivity contribution is 7.89. The molecule has 0 saturated carbocycles. The summed E-state index contributed by atoms with van der Waals surface area (Å²) in [5.74, 6) is -0.340. The van der Waals surface area contributed by atoms with Gasteiger partial charge in [0, 0.05) is 31.9 Å². The van der Waals surface area contributed by atoms with E-state index in [-0.39, 0.29) is 34.2 Å². The van der Waals surface area contributed by atoms with E-state index in [2.05, 4.69) is 5.32 Å². The number of carbonyl (C=O) groups is 1. The molecule has 0 radical (unpaired) electrons. The number of nitrogens with zero attached hydrogens (tertiary/aromatic N) is 2. The van der Waals surface area contributed by atoms with Gasteiger partial charge in [-0.15, -0.1) is 0 Å². The number of carbonyl (C=O) groups excluding carboxylic acids is 1. The van der Waals surface area contributed by atoms with E-state index >= 15 is 0 Å². The average Bonchev–Trinajstić information content (AvgIpc) is 2.89. The zero-order valence-electron chi connectivity index (χ0n) is 19.5. The molecule has 12 heteroatoms. The summed E-state index contributed by atoms with van der Waals surface area (Å²) in [6, 6.07) is 10.0.